The number of carbonyl (C=O) groups excluding carboxylic acids is 1. The van der Waals surface area contributed by atoms with Gasteiger partial charge in [-0.05, 0) is 30.3 Å². The summed E-state index contributed by atoms with van der Waals surface area (Å²) in [6.45, 7) is 3.87. The summed E-state index contributed by atoms with van der Waals surface area (Å²) in [6, 6.07) is 19.7. The van der Waals surface area contributed by atoms with Crippen molar-refractivity contribution in [3.63, 3.8) is 0 Å². The summed E-state index contributed by atoms with van der Waals surface area (Å²) in [4.78, 5) is 17.1. The molecule has 37 heavy (non-hydrogen) atoms. The maximum atomic E-state index is 12.5. The first-order valence-electron chi connectivity index (χ1n) is 12.4. The molecule has 1 amide bonds. The summed E-state index contributed by atoms with van der Waals surface area (Å²) < 4.78 is 12.5. The van der Waals surface area contributed by atoms with E-state index in [0.29, 0.717) is 30.9 Å². The second-order valence-corrected chi connectivity index (χ2v) is 8.84. The van der Waals surface area contributed by atoms with Gasteiger partial charge in [-0.3, -0.25) is 4.79 Å². The Morgan fingerprint density at radius 2 is 1.73 bits per heavy atom. The van der Waals surface area contributed by atoms with E-state index in [4.69, 9.17) is 14.6 Å². The van der Waals surface area contributed by atoms with Gasteiger partial charge in [-0.1, -0.05) is 24.3 Å². The summed E-state index contributed by atoms with van der Waals surface area (Å²) in [7, 11) is 3.31. The number of piperazine rings is 1. The van der Waals surface area contributed by atoms with Gasteiger partial charge in [0.05, 0.1) is 14.2 Å². The van der Waals surface area contributed by atoms with Crippen LogP contribution in [0.1, 0.15) is 17.8 Å². The highest BCUT2D eigenvalue weighted by atomic mass is 16.5. The van der Waals surface area contributed by atoms with Gasteiger partial charge < -0.3 is 24.6 Å². The average Bonchev–Trinajstić information content (AvgIpc) is 3.37. The molecule has 0 saturated carbocycles. The lowest BCUT2D eigenvalue weighted by atomic mass is 10.2. The van der Waals surface area contributed by atoms with Gasteiger partial charge in [0, 0.05) is 62.9 Å². The number of methoxy groups -OCH3 is 2. The molecule has 0 unspecified atom stereocenters. The average molecular weight is 502 g/mol. The Morgan fingerprint density at radius 1 is 0.919 bits per heavy atom. The van der Waals surface area contributed by atoms with Crippen molar-refractivity contribution < 1.29 is 14.3 Å². The molecule has 1 saturated heterocycles. The van der Waals surface area contributed by atoms with E-state index in [0.717, 1.165) is 54.7 Å². The van der Waals surface area contributed by atoms with Gasteiger partial charge >= 0.3 is 0 Å². The lowest BCUT2D eigenvalue weighted by Crippen LogP contribution is -2.47. The van der Waals surface area contributed by atoms with Crippen LogP contribution in [-0.4, -0.2) is 66.1 Å². The Hall–Kier alpha value is -4.34. The molecule has 1 fully saturated rings. The van der Waals surface area contributed by atoms with E-state index in [2.05, 4.69) is 37.4 Å². The minimum absolute atomic E-state index is 0.0625. The minimum atomic E-state index is -0.0625. The van der Waals surface area contributed by atoms with Crippen LogP contribution in [0, 0.1) is 0 Å². The molecule has 1 aliphatic rings. The molecule has 1 N–H and O–H groups in total. The molecule has 5 rings (SSSR count). The maximum absolute atomic E-state index is 12.5. The van der Waals surface area contributed by atoms with Crippen molar-refractivity contribution in [2.24, 2.45) is 0 Å². The van der Waals surface area contributed by atoms with Gasteiger partial charge in [0.2, 0.25) is 5.91 Å². The molecule has 0 aliphatic carbocycles. The Labute approximate surface area is 215 Å². The van der Waals surface area contributed by atoms with E-state index in [9.17, 15) is 4.79 Å². The van der Waals surface area contributed by atoms with E-state index in [1.54, 1.807) is 18.7 Å². The third-order valence-corrected chi connectivity index (χ3v) is 6.58. The molecule has 10 nitrogen and oxygen atoms in total. The first kappa shape index (κ1) is 24.4. The number of anilines is 2. The standard InChI is InChI=1S/C27H31N7O3/c1-36-22-8-5-7-21(18-22)32-14-16-33(17-15-32)26-11-10-24-29-30-25(34(24)31-26)12-13-27(35)28-19-20-6-3-4-9-23(20)37-2/h3-11,18H,12-17,19H2,1-2H3,(H,28,35). The van der Waals surface area contributed by atoms with Crippen molar-refractivity contribution in [3.05, 3.63) is 72.1 Å². The number of carbonyl (C=O) groups is 1. The molecular weight excluding hydrogens is 470 g/mol. The monoisotopic (exact) mass is 501 g/mol. The second kappa shape index (κ2) is 11.2. The van der Waals surface area contributed by atoms with Gasteiger partial charge in [0.15, 0.2) is 11.5 Å². The molecule has 0 spiro atoms. The molecule has 0 radical (unpaired) electrons. The normalized spacial score (nSPS) is 13.6. The van der Waals surface area contributed by atoms with Crippen LogP contribution in [-0.2, 0) is 17.8 Å². The molecule has 10 heteroatoms. The fourth-order valence-corrected chi connectivity index (χ4v) is 4.51. The number of hydrogen-bond acceptors (Lipinski definition) is 8. The summed E-state index contributed by atoms with van der Waals surface area (Å²) in [5.74, 6) is 3.10. The Kier molecular flexibility index (Phi) is 7.34. The van der Waals surface area contributed by atoms with E-state index in [1.165, 1.54) is 0 Å². The van der Waals surface area contributed by atoms with Crippen molar-refractivity contribution in [1.29, 1.82) is 0 Å². The number of fused-ring (bicyclic) bond motifs is 1. The molecule has 192 valence electrons. The highest BCUT2D eigenvalue weighted by molar-refractivity contribution is 5.76. The van der Waals surface area contributed by atoms with Gasteiger partial charge in [-0.15, -0.1) is 15.3 Å². The zero-order chi connectivity index (χ0) is 25.6. The number of aryl methyl sites for hydroxylation is 1. The van der Waals surface area contributed by atoms with E-state index in [1.807, 2.05) is 48.5 Å². The first-order chi connectivity index (χ1) is 18.1. The van der Waals surface area contributed by atoms with Crippen LogP contribution < -0.4 is 24.6 Å². The Balaban J connectivity index is 1.19. The largest absolute Gasteiger partial charge is 0.497 e. The molecule has 3 heterocycles. The third kappa shape index (κ3) is 5.58. The van der Waals surface area contributed by atoms with Gasteiger partial charge in [0.25, 0.3) is 0 Å². The van der Waals surface area contributed by atoms with Crippen LogP contribution in [0.5, 0.6) is 11.5 Å². The van der Waals surface area contributed by atoms with Crippen molar-refractivity contribution in [3.8, 4) is 11.5 Å². The summed E-state index contributed by atoms with van der Waals surface area (Å²) in [5, 5.41) is 16.3. The number of benzene rings is 2. The fourth-order valence-electron chi connectivity index (χ4n) is 4.51. The molecule has 0 bridgehead atoms. The molecular formula is C27H31N7O3. The summed E-state index contributed by atoms with van der Waals surface area (Å²) in [6.07, 6.45) is 0.736. The zero-order valence-electron chi connectivity index (χ0n) is 21.1. The van der Waals surface area contributed by atoms with Crippen molar-refractivity contribution in [1.82, 2.24) is 25.1 Å². The lowest BCUT2D eigenvalue weighted by molar-refractivity contribution is -0.121. The minimum Gasteiger partial charge on any atom is -0.497 e. The summed E-state index contributed by atoms with van der Waals surface area (Å²) >= 11 is 0. The quantitative estimate of drug-likeness (QED) is 0.374. The fraction of sp³-hybridized carbons (Fsp3) is 0.333. The summed E-state index contributed by atoms with van der Waals surface area (Å²) in [5.41, 5.74) is 2.76. The number of nitrogens with one attached hydrogen (secondary N) is 1. The van der Waals surface area contributed by atoms with Crippen LogP contribution in [0.4, 0.5) is 11.5 Å². The number of ether oxygens (including phenoxy) is 2. The maximum Gasteiger partial charge on any atom is 0.220 e. The highest BCUT2D eigenvalue weighted by Gasteiger charge is 2.20. The Morgan fingerprint density at radius 3 is 2.54 bits per heavy atom. The lowest BCUT2D eigenvalue weighted by Gasteiger charge is -2.36. The molecule has 0 atom stereocenters. The van der Waals surface area contributed by atoms with Gasteiger partial charge in [-0.25, -0.2) is 0 Å². The number of aromatic nitrogens is 4. The number of amides is 1. The van der Waals surface area contributed by atoms with Crippen LogP contribution in [0.3, 0.4) is 0 Å². The number of para-hydroxylation sites is 1. The van der Waals surface area contributed by atoms with Crippen molar-refractivity contribution >= 4 is 23.1 Å². The number of nitrogens with zero attached hydrogens (tertiary/aromatic N) is 6. The Bertz CT molecular complexity index is 1370. The zero-order valence-corrected chi connectivity index (χ0v) is 21.1. The van der Waals surface area contributed by atoms with Crippen LogP contribution >= 0.6 is 0 Å². The van der Waals surface area contributed by atoms with E-state index < -0.39 is 0 Å². The van der Waals surface area contributed by atoms with Gasteiger partial charge in [-0.2, -0.15) is 4.52 Å². The topological polar surface area (TPSA) is 97.1 Å². The predicted octanol–water partition coefficient (Wildman–Crippen LogP) is 2.72. The molecule has 4 aromatic rings. The van der Waals surface area contributed by atoms with Crippen LogP contribution in [0.2, 0.25) is 0 Å². The smallest absolute Gasteiger partial charge is 0.220 e. The van der Waals surface area contributed by atoms with Crippen LogP contribution in [0.15, 0.2) is 60.7 Å². The van der Waals surface area contributed by atoms with Crippen molar-refractivity contribution in [2.45, 2.75) is 19.4 Å². The van der Waals surface area contributed by atoms with Crippen molar-refractivity contribution in [2.75, 3.05) is 50.2 Å². The van der Waals surface area contributed by atoms with Gasteiger partial charge in [0.1, 0.15) is 17.3 Å². The molecule has 2 aromatic heterocycles. The SMILES string of the molecule is COc1cccc(N2CCN(c3ccc4nnc(CCC(=O)NCc5ccccc5OC)n4n3)CC2)c1. The second-order valence-electron chi connectivity index (χ2n) is 8.84. The predicted molar refractivity (Wildman–Crippen MR) is 141 cm³/mol. The van der Waals surface area contributed by atoms with Crippen LogP contribution in [0.25, 0.3) is 5.65 Å². The molecule has 1 aliphatic heterocycles. The van der Waals surface area contributed by atoms with E-state index >= 15 is 0 Å². The molecule has 2 aromatic carbocycles. The third-order valence-electron chi connectivity index (χ3n) is 6.58. The number of hydrogen-bond donors (Lipinski definition) is 1. The highest BCUT2D eigenvalue weighted by Crippen LogP contribution is 2.23. The van der Waals surface area contributed by atoms with E-state index in [-0.39, 0.29) is 5.91 Å². The number of rotatable bonds is 9. The first-order valence-corrected chi connectivity index (χ1v) is 12.4.